The van der Waals surface area contributed by atoms with Crippen LogP contribution in [0.25, 0.3) is 0 Å². The van der Waals surface area contributed by atoms with Crippen LogP contribution in [0.4, 0.5) is 0 Å². The lowest BCUT2D eigenvalue weighted by Crippen LogP contribution is -2.30. The zero-order valence-corrected chi connectivity index (χ0v) is 44.2. The number of carbonyl (C=O) groups excluding carboxylic acids is 3. The Labute approximate surface area is 414 Å². The molecule has 0 aliphatic rings. The molecule has 67 heavy (non-hydrogen) atoms. The molecule has 0 aromatic carbocycles. The standard InChI is InChI=1S/C61H106O6/c1-4-7-10-13-16-19-22-25-28-30-33-36-39-42-45-48-51-54-60(63)66-57-58(56-65-59(62)53-50-47-44-41-38-35-32-27-24-21-18-15-12-9-6-3)67-61(64)55-52-49-46-43-40-37-34-31-29-26-23-20-17-14-11-8-5-2/h16,19,25-29,32-33,36,42,45,58H,4-15,17-18,20-24,30-31,34-35,37-41,43-44,46-57H2,1-3H3/t58-/m1/s1. The Hall–Kier alpha value is -3.15. The van der Waals surface area contributed by atoms with Crippen LogP contribution in [0.2, 0.25) is 0 Å². The molecule has 0 spiro atoms. The molecule has 0 bridgehead atoms. The molecular formula is C61H106O6. The minimum atomic E-state index is -0.803. The van der Waals surface area contributed by atoms with E-state index < -0.39 is 6.10 Å². The number of hydrogen-bond donors (Lipinski definition) is 0. The summed E-state index contributed by atoms with van der Waals surface area (Å²) in [6.45, 7) is 6.56. The number of hydrogen-bond acceptors (Lipinski definition) is 6. The number of esters is 3. The van der Waals surface area contributed by atoms with E-state index in [1.165, 1.54) is 161 Å². The van der Waals surface area contributed by atoms with E-state index >= 15 is 0 Å². The lowest BCUT2D eigenvalue weighted by atomic mass is 10.1. The molecule has 0 heterocycles. The van der Waals surface area contributed by atoms with Gasteiger partial charge in [-0.15, -0.1) is 0 Å². The molecule has 0 amide bonds. The SMILES string of the molecule is CCCCCC=CCC=CCC=CCC=CCCCC(=O)OC[C@@H](COC(=O)CCCCCCCC=CCCCCCCCC)OC(=O)CCCCCCCCCC=CCCCCCCCC. The molecule has 0 rings (SSSR count). The summed E-state index contributed by atoms with van der Waals surface area (Å²) in [6.07, 6.45) is 70.3. The Morgan fingerprint density at radius 1 is 0.299 bits per heavy atom. The molecule has 0 unspecified atom stereocenters. The van der Waals surface area contributed by atoms with Crippen molar-refractivity contribution in [1.82, 2.24) is 0 Å². The fraction of sp³-hybridized carbons (Fsp3) is 0.754. The highest BCUT2D eigenvalue weighted by molar-refractivity contribution is 5.71. The fourth-order valence-corrected chi connectivity index (χ4v) is 7.84. The lowest BCUT2D eigenvalue weighted by molar-refractivity contribution is -0.167. The summed E-state index contributed by atoms with van der Waals surface area (Å²) in [5.41, 5.74) is 0. The minimum Gasteiger partial charge on any atom is -0.462 e. The van der Waals surface area contributed by atoms with Crippen molar-refractivity contribution in [2.75, 3.05) is 13.2 Å². The van der Waals surface area contributed by atoms with Gasteiger partial charge in [0.05, 0.1) is 0 Å². The molecule has 1 atom stereocenters. The predicted molar refractivity (Wildman–Crippen MR) is 288 cm³/mol. The van der Waals surface area contributed by atoms with Crippen LogP contribution in [0.3, 0.4) is 0 Å². The number of carbonyl (C=O) groups is 3. The van der Waals surface area contributed by atoms with E-state index in [4.69, 9.17) is 14.2 Å². The van der Waals surface area contributed by atoms with Crippen molar-refractivity contribution in [3.8, 4) is 0 Å². The first-order valence-corrected chi connectivity index (χ1v) is 28.4. The van der Waals surface area contributed by atoms with Gasteiger partial charge in [0.1, 0.15) is 13.2 Å². The Morgan fingerprint density at radius 2 is 0.552 bits per heavy atom. The molecule has 0 aliphatic heterocycles. The van der Waals surface area contributed by atoms with E-state index in [9.17, 15) is 14.4 Å². The normalized spacial score (nSPS) is 12.6. The van der Waals surface area contributed by atoms with Crippen LogP contribution >= 0.6 is 0 Å². The van der Waals surface area contributed by atoms with E-state index in [2.05, 4.69) is 93.7 Å². The van der Waals surface area contributed by atoms with E-state index in [-0.39, 0.29) is 37.5 Å². The lowest BCUT2D eigenvalue weighted by Gasteiger charge is -2.18. The van der Waals surface area contributed by atoms with Crippen LogP contribution in [-0.2, 0) is 28.6 Å². The van der Waals surface area contributed by atoms with Gasteiger partial charge in [-0.2, -0.15) is 0 Å². The first-order chi connectivity index (χ1) is 33.0. The van der Waals surface area contributed by atoms with E-state index in [1.807, 2.05) is 0 Å². The van der Waals surface area contributed by atoms with E-state index in [1.54, 1.807) is 0 Å². The van der Waals surface area contributed by atoms with Crippen LogP contribution in [0.15, 0.2) is 72.9 Å². The smallest absolute Gasteiger partial charge is 0.306 e. The van der Waals surface area contributed by atoms with Crippen LogP contribution < -0.4 is 0 Å². The Balaban J connectivity index is 4.48. The summed E-state index contributed by atoms with van der Waals surface area (Å²) in [6, 6.07) is 0. The highest BCUT2D eigenvalue weighted by atomic mass is 16.6. The molecule has 6 nitrogen and oxygen atoms in total. The zero-order chi connectivity index (χ0) is 48.6. The van der Waals surface area contributed by atoms with Gasteiger partial charge in [-0.05, 0) is 109 Å². The van der Waals surface area contributed by atoms with Crippen molar-refractivity contribution in [1.29, 1.82) is 0 Å². The molecule has 386 valence electrons. The average Bonchev–Trinajstić information content (AvgIpc) is 3.33. The summed E-state index contributed by atoms with van der Waals surface area (Å²) >= 11 is 0. The number of rotatable bonds is 51. The molecule has 0 saturated heterocycles. The Morgan fingerprint density at radius 3 is 0.940 bits per heavy atom. The van der Waals surface area contributed by atoms with Crippen molar-refractivity contribution < 1.29 is 28.6 Å². The molecule has 0 aromatic heterocycles. The maximum Gasteiger partial charge on any atom is 0.306 e. The summed E-state index contributed by atoms with van der Waals surface area (Å²) in [5.74, 6) is -0.961. The highest BCUT2D eigenvalue weighted by Crippen LogP contribution is 2.14. The molecule has 6 heteroatoms. The summed E-state index contributed by atoms with van der Waals surface area (Å²) in [7, 11) is 0. The van der Waals surface area contributed by atoms with Gasteiger partial charge >= 0.3 is 17.9 Å². The average molecular weight is 936 g/mol. The van der Waals surface area contributed by atoms with Gasteiger partial charge in [-0.25, -0.2) is 0 Å². The third-order valence-corrected chi connectivity index (χ3v) is 12.2. The van der Waals surface area contributed by atoms with Crippen LogP contribution in [-0.4, -0.2) is 37.2 Å². The highest BCUT2D eigenvalue weighted by Gasteiger charge is 2.19. The van der Waals surface area contributed by atoms with Gasteiger partial charge in [-0.1, -0.05) is 222 Å². The topological polar surface area (TPSA) is 78.9 Å². The van der Waals surface area contributed by atoms with Gasteiger partial charge in [0, 0.05) is 19.3 Å². The number of unbranched alkanes of at least 4 members (excludes halogenated alkanes) is 28. The van der Waals surface area contributed by atoms with E-state index in [0.29, 0.717) is 19.3 Å². The van der Waals surface area contributed by atoms with Crippen molar-refractivity contribution in [3.63, 3.8) is 0 Å². The second-order valence-corrected chi connectivity index (χ2v) is 18.8. The molecule has 0 fully saturated rings. The quantitative estimate of drug-likeness (QED) is 0.0262. The molecular weight excluding hydrogens is 829 g/mol. The van der Waals surface area contributed by atoms with Gasteiger partial charge in [0.2, 0.25) is 0 Å². The summed E-state index contributed by atoms with van der Waals surface area (Å²) in [5, 5.41) is 0. The van der Waals surface area contributed by atoms with Crippen molar-refractivity contribution >= 4 is 17.9 Å². The number of ether oxygens (including phenoxy) is 3. The Bertz CT molecular complexity index is 1260. The largest absolute Gasteiger partial charge is 0.462 e. The summed E-state index contributed by atoms with van der Waals surface area (Å²) in [4.78, 5) is 38.1. The van der Waals surface area contributed by atoms with E-state index in [0.717, 1.165) is 70.6 Å². The van der Waals surface area contributed by atoms with Gasteiger partial charge in [0.25, 0.3) is 0 Å². The number of allylic oxidation sites excluding steroid dienone is 12. The minimum absolute atomic E-state index is 0.0978. The van der Waals surface area contributed by atoms with Crippen LogP contribution in [0, 0.1) is 0 Å². The van der Waals surface area contributed by atoms with Gasteiger partial charge in [0.15, 0.2) is 6.10 Å². The maximum atomic E-state index is 12.8. The first kappa shape index (κ1) is 63.8. The molecule has 0 radical (unpaired) electrons. The van der Waals surface area contributed by atoms with Crippen LogP contribution in [0.5, 0.6) is 0 Å². The fourth-order valence-electron chi connectivity index (χ4n) is 7.84. The third kappa shape index (κ3) is 53.7. The van der Waals surface area contributed by atoms with Crippen LogP contribution in [0.1, 0.15) is 278 Å². The monoisotopic (exact) mass is 935 g/mol. The second-order valence-electron chi connectivity index (χ2n) is 18.8. The van der Waals surface area contributed by atoms with Gasteiger partial charge in [-0.3, -0.25) is 14.4 Å². The predicted octanol–water partition coefficient (Wildman–Crippen LogP) is 19.0. The molecule has 0 aliphatic carbocycles. The second kappa shape index (κ2) is 55.4. The van der Waals surface area contributed by atoms with Crippen molar-refractivity contribution in [2.45, 2.75) is 284 Å². The van der Waals surface area contributed by atoms with Crippen molar-refractivity contribution in [2.24, 2.45) is 0 Å². The van der Waals surface area contributed by atoms with Crippen molar-refractivity contribution in [3.05, 3.63) is 72.9 Å². The Kier molecular flexibility index (Phi) is 52.8. The first-order valence-electron chi connectivity index (χ1n) is 28.4. The van der Waals surface area contributed by atoms with Gasteiger partial charge < -0.3 is 14.2 Å². The third-order valence-electron chi connectivity index (χ3n) is 12.2. The molecule has 0 saturated carbocycles. The zero-order valence-electron chi connectivity index (χ0n) is 44.2. The maximum absolute atomic E-state index is 12.8. The summed E-state index contributed by atoms with van der Waals surface area (Å²) < 4.78 is 16.8. The molecule has 0 N–H and O–H groups in total. The molecule has 0 aromatic rings.